The van der Waals surface area contributed by atoms with Gasteiger partial charge in [-0.05, 0) is 24.3 Å². The number of hydrogen-bond acceptors (Lipinski definition) is 4. The maximum absolute atomic E-state index is 11.7. The van der Waals surface area contributed by atoms with Crippen LogP contribution in [0.25, 0.3) is 0 Å². The molecule has 0 bridgehead atoms. The van der Waals surface area contributed by atoms with Crippen molar-refractivity contribution in [1.82, 2.24) is 0 Å². The molecule has 0 aliphatic heterocycles. The van der Waals surface area contributed by atoms with E-state index in [1.807, 2.05) is 42.3 Å². The van der Waals surface area contributed by atoms with Gasteiger partial charge in [0.2, 0.25) is 0 Å². The standard InChI is InChI=1S/C14H15NO3/c1-15(10-11-6-5-9-18-11)13-8-4-3-7-12(13)14(16)17-2/h3-9H,10H2,1-2H3. The minimum atomic E-state index is -0.336. The Morgan fingerprint density at radius 3 is 2.72 bits per heavy atom. The van der Waals surface area contributed by atoms with Gasteiger partial charge >= 0.3 is 5.97 Å². The zero-order valence-corrected chi connectivity index (χ0v) is 10.4. The predicted molar refractivity (Wildman–Crippen MR) is 68.6 cm³/mol. The third kappa shape index (κ3) is 2.53. The number of carbonyl (C=O) groups excluding carboxylic acids is 1. The Hall–Kier alpha value is -2.23. The summed E-state index contributed by atoms with van der Waals surface area (Å²) in [7, 11) is 3.29. The van der Waals surface area contributed by atoms with Gasteiger partial charge in [0.1, 0.15) is 5.76 Å². The number of ether oxygens (including phenoxy) is 1. The van der Waals surface area contributed by atoms with Gasteiger partial charge in [0.05, 0.1) is 31.2 Å². The summed E-state index contributed by atoms with van der Waals surface area (Å²) in [6.45, 7) is 0.598. The van der Waals surface area contributed by atoms with E-state index in [2.05, 4.69) is 0 Å². The minimum absolute atomic E-state index is 0.336. The Bertz CT molecular complexity index is 520. The summed E-state index contributed by atoms with van der Waals surface area (Å²) in [5.41, 5.74) is 1.37. The molecular weight excluding hydrogens is 230 g/mol. The highest BCUT2D eigenvalue weighted by atomic mass is 16.5. The molecule has 0 radical (unpaired) electrons. The zero-order valence-electron chi connectivity index (χ0n) is 10.4. The summed E-state index contributed by atoms with van der Waals surface area (Å²) < 4.78 is 10.1. The summed E-state index contributed by atoms with van der Waals surface area (Å²) >= 11 is 0. The summed E-state index contributed by atoms with van der Waals surface area (Å²) in [4.78, 5) is 13.6. The maximum atomic E-state index is 11.7. The fourth-order valence-corrected chi connectivity index (χ4v) is 1.81. The van der Waals surface area contributed by atoms with Crippen molar-refractivity contribution in [3.63, 3.8) is 0 Å². The average Bonchev–Trinajstić information content (AvgIpc) is 2.90. The van der Waals surface area contributed by atoms with Crippen LogP contribution in [0.5, 0.6) is 0 Å². The van der Waals surface area contributed by atoms with E-state index in [0.29, 0.717) is 12.1 Å². The smallest absolute Gasteiger partial charge is 0.339 e. The van der Waals surface area contributed by atoms with Gasteiger partial charge in [-0.25, -0.2) is 4.79 Å². The number of esters is 1. The lowest BCUT2D eigenvalue weighted by Crippen LogP contribution is -2.19. The number of para-hydroxylation sites is 1. The molecule has 2 aromatic rings. The topological polar surface area (TPSA) is 42.7 Å². The second-order valence-electron chi connectivity index (χ2n) is 3.94. The van der Waals surface area contributed by atoms with E-state index in [0.717, 1.165) is 11.4 Å². The third-order valence-corrected chi connectivity index (χ3v) is 2.69. The van der Waals surface area contributed by atoms with Crippen LogP contribution in [-0.4, -0.2) is 20.1 Å². The van der Waals surface area contributed by atoms with Gasteiger partial charge in [0.15, 0.2) is 0 Å². The first-order chi connectivity index (χ1) is 8.72. The molecule has 0 aliphatic rings. The van der Waals surface area contributed by atoms with Crippen molar-refractivity contribution in [3.05, 3.63) is 54.0 Å². The lowest BCUT2D eigenvalue weighted by atomic mass is 10.1. The van der Waals surface area contributed by atoms with Gasteiger partial charge in [-0.1, -0.05) is 12.1 Å². The molecule has 0 N–H and O–H groups in total. The third-order valence-electron chi connectivity index (χ3n) is 2.69. The fraction of sp³-hybridized carbons (Fsp3) is 0.214. The van der Waals surface area contributed by atoms with Crippen LogP contribution in [0.1, 0.15) is 16.1 Å². The Labute approximate surface area is 106 Å². The highest BCUT2D eigenvalue weighted by Gasteiger charge is 2.14. The van der Waals surface area contributed by atoms with Gasteiger partial charge in [0.25, 0.3) is 0 Å². The molecule has 4 nitrogen and oxygen atoms in total. The molecule has 0 aliphatic carbocycles. The minimum Gasteiger partial charge on any atom is -0.467 e. The highest BCUT2D eigenvalue weighted by molar-refractivity contribution is 5.95. The second-order valence-corrected chi connectivity index (χ2v) is 3.94. The quantitative estimate of drug-likeness (QED) is 0.777. The van der Waals surface area contributed by atoms with Crippen LogP contribution in [0.4, 0.5) is 5.69 Å². The van der Waals surface area contributed by atoms with E-state index in [9.17, 15) is 4.79 Å². The first kappa shape index (κ1) is 12.2. The molecule has 0 saturated heterocycles. The number of benzene rings is 1. The summed E-state index contributed by atoms with van der Waals surface area (Å²) in [5, 5.41) is 0. The normalized spacial score (nSPS) is 10.1. The number of carbonyl (C=O) groups is 1. The molecule has 0 atom stereocenters. The Kier molecular flexibility index (Phi) is 3.67. The molecule has 0 fully saturated rings. The lowest BCUT2D eigenvalue weighted by Gasteiger charge is -2.20. The number of anilines is 1. The van der Waals surface area contributed by atoms with E-state index in [-0.39, 0.29) is 5.97 Å². The largest absolute Gasteiger partial charge is 0.467 e. The van der Waals surface area contributed by atoms with Crippen LogP contribution in [0.15, 0.2) is 47.1 Å². The summed E-state index contributed by atoms with van der Waals surface area (Å²) in [6, 6.07) is 11.1. The summed E-state index contributed by atoms with van der Waals surface area (Å²) in [6.07, 6.45) is 1.63. The van der Waals surface area contributed by atoms with Crippen molar-refractivity contribution in [1.29, 1.82) is 0 Å². The molecule has 0 saturated carbocycles. The Balaban J connectivity index is 2.24. The monoisotopic (exact) mass is 245 g/mol. The number of methoxy groups -OCH3 is 1. The molecular formula is C14H15NO3. The maximum Gasteiger partial charge on any atom is 0.339 e. The molecule has 18 heavy (non-hydrogen) atoms. The van der Waals surface area contributed by atoms with E-state index >= 15 is 0 Å². The van der Waals surface area contributed by atoms with Crippen molar-refractivity contribution in [3.8, 4) is 0 Å². The lowest BCUT2D eigenvalue weighted by molar-refractivity contribution is 0.0601. The number of rotatable bonds is 4. The molecule has 0 unspecified atom stereocenters. The molecule has 0 amide bonds. The molecule has 2 rings (SSSR count). The zero-order chi connectivity index (χ0) is 13.0. The van der Waals surface area contributed by atoms with Crippen molar-refractivity contribution < 1.29 is 13.9 Å². The van der Waals surface area contributed by atoms with Crippen LogP contribution >= 0.6 is 0 Å². The second kappa shape index (κ2) is 5.40. The molecule has 1 aromatic carbocycles. The van der Waals surface area contributed by atoms with Gasteiger partial charge in [-0.2, -0.15) is 0 Å². The van der Waals surface area contributed by atoms with Crippen LogP contribution in [0, 0.1) is 0 Å². The van der Waals surface area contributed by atoms with Crippen molar-refractivity contribution in [2.24, 2.45) is 0 Å². The average molecular weight is 245 g/mol. The van der Waals surface area contributed by atoms with Crippen LogP contribution in [-0.2, 0) is 11.3 Å². The first-order valence-corrected chi connectivity index (χ1v) is 5.63. The van der Waals surface area contributed by atoms with Gasteiger partial charge in [-0.15, -0.1) is 0 Å². The van der Waals surface area contributed by atoms with E-state index in [1.165, 1.54) is 7.11 Å². The fourth-order valence-electron chi connectivity index (χ4n) is 1.81. The molecule has 0 spiro atoms. The first-order valence-electron chi connectivity index (χ1n) is 5.63. The van der Waals surface area contributed by atoms with E-state index in [1.54, 1.807) is 12.3 Å². The van der Waals surface area contributed by atoms with Gasteiger partial charge < -0.3 is 14.1 Å². The number of hydrogen-bond donors (Lipinski definition) is 0. The van der Waals surface area contributed by atoms with Crippen molar-refractivity contribution in [2.75, 3.05) is 19.1 Å². The Morgan fingerprint density at radius 2 is 2.06 bits per heavy atom. The number of furan rings is 1. The van der Waals surface area contributed by atoms with E-state index in [4.69, 9.17) is 9.15 Å². The molecule has 1 aromatic heterocycles. The Morgan fingerprint density at radius 1 is 1.28 bits per heavy atom. The van der Waals surface area contributed by atoms with Crippen molar-refractivity contribution >= 4 is 11.7 Å². The van der Waals surface area contributed by atoms with Crippen LogP contribution in [0.2, 0.25) is 0 Å². The van der Waals surface area contributed by atoms with Gasteiger partial charge in [0, 0.05) is 7.05 Å². The van der Waals surface area contributed by atoms with Gasteiger partial charge in [-0.3, -0.25) is 0 Å². The SMILES string of the molecule is COC(=O)c1ccccc1N(C)Cc1ccco1. The van der Waals surface area contributed by atoms with Crippen LogP contribution in [0.3, 0.4) is 0 Å². The molecule has 94 valence electrons. The van der Waals surface area contributed by atoms with Crippen molar-refractivity contribution in [2.45, 2.75) is 6.54 Å². The highest BCUT2D eigenvalue weighted by Crippen LogP contribution is 2.21. The molecule has 1 heterocycles. The van der Waals surface area contributed by atoms with E-state index < -0.39 is 0 Å². The summed E-state index contributed by atoms with van der Waals surface area (Å²) in [5.74, 6) is 0.508. The number of nitrogens with zero attached hydrogens (tertiary/aromatic N) is 1. The van der Waals surface area contributed by atoms with Crippen LogP contribution < -0.4 is 4.90 Å². The predicted octanol–water partition coefficient (Wildman–Crippen LogP) is 2.70. The molecule has 4 heteroatoms.